The summed E-state index contributed by atoms with van der Waals surface area (Å²) in [5.74, 6) is 0. The molecule has 1 fully saturated rings. The molecule has 86 valence electrons. The summed E-state index contributed by atoms with van der Waals surface area (Å²) in [6.45, 7) is 3.21. The van der Waals surface area contributed by atoms with E-state index < -0.39 is 0 Å². The number of para-hydroxylation sites is 1. The van der Waals surface area contributed by atoms with Gasteiger partial charge in [0.1, 0.15) is 0 Å². The first kappa shape index (κ1) is 11.8. The summed E-state index contributed by atoms with van der Waals surface area (Å²) in [5.41, 5.74) is 0.999. The molecule has 1 aromatic carbocycles. The van der Waals surface area contributed by atoms with Gasteiger partial charge in [-0.05, 0) is 40.3 Å². The topological polar surface area (TPSA) is 24.5 Å². The molecule has 2 rings (SSSR count). The number of halogens is 1. The van der Waals surface area contributed by atoms with E-state index in [0.29, 0.717) is 0 Å². The van der Waals surface area contributed by atoms with E-state index in [1.165, 1.54) is 0 Å². The predicted octanol–water partition coefficient (Wildman–Crippen LogP) is 2.48. The smallest absolute Gasteiger partial charge is 0.173 e. The maximum atomic E-state index is 5.35. The van der Waals surface area contributed by atoms with E-state index in [1.54, 1.807) is 0 Å². The molecule has 0 aromatic heterocycles. The highest BCUT2D eigenvalue weighted by molar-refractivity contribution is 9.10. The molecule has 5 heteroatoms. The van der Waals surface area contributed by atoms with Gasteiger partial charge in [0.25, 0.3) is 0 Å². The first-order chi connectivity index (χ1) is 7.77. The molecule has 0 saturated carbocycles. The Hall–Kier alpha value is -0.650. The van der Waals surface area contributed by atoms with Crippen LogP contribution in [0.15, 0.2) is 28.7 Å². The lowest BCUT2D eigenvalue weighted by molar-refractivity contribution is 0.0690. The van der Waals surface area contributed by atoms with Crippen LogP contribution in [-0.2, 0) is 4.74 Å². The molecule has 0 unspecified atom stereocenters. The third kappa shape index (κ3) is 2.93. The van der Waals surface area contributed by atoms with Gasteiger partial charge in [-0.2, -0.15) is 0 Å². The van der Waals surface area contributed by atoms with Crippen molar-refractivity contribution in [3.8, 4) is 0 Å². The van der Waals surface area contributed by atoms with Gasteiger partial charge in [0, 0.05) is 17.6 Å². The molecule has 1 aromatic rings. The van der Waals surface area contributed by atoms with Crippen LogP contribution in [0, 0.1) is 0 Å². The zero-order chi connectivity index (χ0) is 11.4. The Labute approximate surface area is 109 Å². The summed E-state index contributed by atoms with van der Waals surface area (Å²) in [5, 5.41) is 3.99. The predicted molar refractivity (Wildman–Crippen MR) is 72.8 cm³/mol. The fraction of sp³-hybridized carbons (Fsp3) is 0.364. The maximum Gasteiger partial charge on any atom is 0.173 e. The Morgan fingerprint density at radius 3 is 2.69 bits per heavy atom. The fourth-order valence-electron chi connectivity index (χ4n) is 1.52. The SMILES string of the molecule is S=C(Nc1ccccc1Br)N1CCOCC1. The number of thiocarbonyl (C=S) groups is 1. The van der Waals surface area contributed by atoms with E-state index in [4.69, 9.17) is 17.0 Å². The van der Waals surface area contributed by atoms with Crippen molar-refractivity contribution in [2.75, 3.05) is 31.6 Å². The van der Waals surface area contributed by atoms with Crippen molar-refractivity contribution in [3.63, 3.8) is 0 Å². The van der Waals surface area contributed by atoms with Gasteiger partial charge in [-0.3, -0.25) is 0 Å². The number of hydrogen-bond donors (Lipinski definition) is 1. The molecule has 1 aliphatic heterocycles. The molecular formula is C11H13BrN2OS. The van der Waals surface area contributed by atoms with Crippen molar-refractivity contribution < 1.29 is 4.74 Å². The zero-order valence-corrected chi connectivity index (χ0v) is 11.2. The standard InChI is InChI=1S/C11H13BrN2OS/c12-9-3-1-2-4-10(9)13-11(16)14-5-7-15-8-6-14/h1-4H,5-8H2,(H,13,16). The number of nitrogens with zero attached hydrogens (tertiary/aromatic N) is 1. The molecule has 3 nitrogen and oxygen atoms in total. The van der Waals surface area contributed by atoms with Crippen LogP contribution in [0.1, 0.15) is 0 Å². The fourth-order valence-corrected chi connectivity index (χ4v) is 2.20. The Morgan fingerprint density at radius 1 is 1.31 bits per heavy atom. The maximum absolute atomic E-state index is 5.35. The van der Waals surface area contributed by atoms with Crippen LogP contribution in [0.4, 0.5) is 5.69 Å². The molecule has 0 bridgehead atoms. The normalized spacial score (nSPS) is 15.9. The number of hydrogen-bond acceptors (Lipinski definition) is 2. The van der Waals surface area contributed by atoms with Crippen molar-refractivity contribution in [1.82, 2.24) is 4.90 Å². The average molecular weight is 301 g/mol. The van der Waals surface area contributed by atoms with Crippen LogP contribution in [0.3, 0.4) is 0 Å². The second-order valence-corrected chi connectivity index (χ2v) is 4.75. The number of rotatable bonds is 1. The summed E-state index contributed by atoms with van der Waals surface area (Å²) in [6.07, 6.45) is 0. The number of morpholine rings is 1. The molecule has 1 saturated heterocycles. The molecule has 1 heterocycles. The van der Waals surface area contributed by atoms with Crippen molar-refractivity contribution in [2.45, 2.75) is 0 Å². The molecule has 16 heavy (non-hydrogen) atoms. The van der Waals surface area contributed by atoms with Gasteiger partial charge < -0.3 is 15.0 Å². The number of anilines is 1. The van der Waals surface area contributed by atoms with Crippen LogP contribution in [0.25, 0.3) is 0 Å². The number of benzene rings is 1. The van der Waals surface area contributed by atoms with Gasteiger partial charge in [-0.25, -0.2) is 0 Å². The van der Waals surface area contributed by atoms with E-state index in [2.05, 4.69) is 26.1 Å². The molecule has 0 aliphatic carbocycles. The van der Waals surface area contributed by atoms with Gasteiger partial charge in [-0.1, -0.05) is 12.1 Å². The quantitative estimate of drug-likeness (QED) is 0.806. The molecule has 0 amide bonds. The minimum atomic E-state index is 0.748. The summed E-state index contributed by atoms with van der Waals surface area (Å²) in [4.78, 5) is 2.12. The highest BCUT2D eigenvalue weighted by atomic mass is 79.9. The molecule has 0 radical (unpaired) electrons. The van der Waals surface area contributed by atoms with E-state index in [0.717, 1.165) is 41.6 Å². The first-order valence-corrected chi connectivity index (χ1v) is 6.36. The number of nitrogens with one attached hydrogen (secondary N) is 1. The van der Waals surface area contributed by atoms with Gasteiger partial charge in [0.2, 0.25) is 0 Å². The number of ether oxygens (including phenoxy) is 1. The Morgan fingerprint density at radius 2 is 2.00 bits per heavy atom. The summed E-state index contributed by atoms with van der Waals surface area (Å²) in [6, 6.07) is 7.95. The highest BCUT2D eigenvalue weighted by Crippen LogP contribution is 2.21. The van der Waals surface area contributed by atoms with Gasteiger partial charge >= 0.3 is 0 Å². The monoisotopic (exact) mass is 300 g/mol. The lowest BCUT2D eigenvalue weighted by Gasteiger charge is -2.29. The van der Waals surface area contributed by atoms with Crippen LogP contribution < -0.4 is 5.32 Å². The van der Waals surface area contributed by atoms with E-state index in [-0.39, 0.29) is 0 Å². The van der Waals surface area contributed by atoms with Crippen molar-refractivity contribution in [1.29, 1.82) is 0 Å². The first-order valence-electron chi connectivity index (χ1n) is 5.15. The van der Waals surface area contributed by atoms with Gasteiger partial charge in [0.05, 0.1) is 18.9 Å². The minimum absolute atomic E-state index is 0.748. The van der Waals surface area contributed by atoms with E-state index >= 15 is 0 Å². The Kier molecular flexibility index (Phi) is 4.15. The van der Waals surface area contributed by atoms with Crippen molar-refractivity contribution in [3.05, 3.63) is 28.7 Å². The van der Waals surface area contributed by atoms with Crippen molar-refractivity contribution >= 4 is 38.9 Å². The Bertz CT molecular complexity index is 380. The van der Waals surface area contributed by atoms with Crippen LogP contribution in [-0.4, -0.2) is 36.3 Å². The largest absolute Gasteiger partial charge is 0.378 e. The second kappa shape index (κ2) is 5.61. The van der Waals surface area contributed by atoms with Crippen LogP contribution in [0.5, 0.6) is 0 Å². The lowest BCUT2D eigenvalue weighted by atomic mass is 10.3. The van der Waals surface area contributed by atoms with E-state index in [9.17, 15) is 0 Å². The minimum Gasteiger partial charge on any atom is -0.378 e. The second-order valence-electron chi connectivity index (χ2n) is 3.51. The summed E-state index contributed by atoms with van der Waals surface area (Å²) in [7, 11) is 0. The van der Waals surface area contributed by atoms with Crippen molar-refractivity contribution in [2.24, 2.45) is 0 Å². The average Bonchev–Trinajstić information content (AvgIpc) is 2.33. The highest BCUT2D eigenvalue weighted by Gasteiger charge is 2.13. The molecule has 1 aliphatic rings. The molecule has 1 N–H and O–H groups in total. The Balaban J connectivity index is 1.99. The van der Waals surface area contributed by atoms with E-state index in [1.807, 2.05) is 24.3 Å². The molecule has 0 atom stereocenters. The zero-order valence-electron chi connectivity index (χ0n) is 8.78. The van der Waals surface area contributed by atoms with Crippen LogP contribution >= 0.6 is 28.1 Å². The van der Waals surface area contributed by atoms with Gasteiger partial charge in [-0.15, -0.1) is 0 Å². The molecule has 0 spiro atoms. The lowest BCUT2D eigenvalue weighted by Crippen LogP contribution is -2.42. The van der Waals surface area contributed by atoms with Crippen LogP contribution in [0.2, 0.25) is 0 Å². The third-order valence-electron chi connectivity index (χ3n) is 2.41. The molecular weight excluding hydrogens is 288 g/mol. The third-order valence-corrected chi connectivity index (χ3v) is 3.47. The summed E-state index contributed by atoms with van der Waals surface area (Å²) >= 11 is 8.84. The van der Waals surface area contributed by atoms with Gasteiger partial charge in [0.15, 0.2) is 5.11 Å². The summed E-state index contributed by atoms with van der Waals surface area (Å²) < 4.78 is 6.30.